The summed E-state index contributed by atoms with van der Waals surface area (Å²) in [5.41, 5.74) is 1.81. The van der Waals surface area contributed by atoms with Crippen LogP contribution < -0.4 is 0 Å². The molecule has 21 heavy (non-hydrogen) atoms. The predicted molar refractivity (Wildman–Crippen MR) is 88.1 cm³/mol. The van der Waals surface area contributed by atoms with Crippen LogP contribution >= 0.6 is 11.5 Å². The predicted octanol–water partition coefficient (Wildman–Crippen LogP) is 3.64. The molecule has 1 aromatic heterocycles. The first-order valence-electron chi connectivity index (χ1n) is 6.51. The van der Waals surface area contributed by atoms with Gasteiger partial charge in [-0.1, -0.05) is 42.5 Å². The van der Waals surface area contributed by atoms with E-state index >= 15 is 0 Å². The lowest BCUT2D eigenvalue weighted by atomic mass is 10.2. The van der Waals surface area contributed by atoms with Crippen LogP contribution in [0.15, 0.2) is 58.6 Å². The highest BCUT2D eigenvalue weighted by atomic mass is 32.2. The van der Waals surface area contributed by atoms with Crippen LogP contribution in [0.5, 0.6) is 0 Å². The number of hydrogen-bond acceptors (Lipinski definition) is 4. The fraction of sp³-hybridized carbons (Fsp3) is 0.200. The van der Waals surface area contributed by atoms with Gasteiger partial charge in [0.1, 0.15) is 0 Å². The Kier molecular flexibility index (Phi) is 5.41. The van der Waals surface area contributed by atoms with Crippen LogP contribution in [0, 0.1) is 0 Å². The highest BCUT2D eigenvalue weighted by Gasteiger charge is 2.17. The number of benzene rings is 1. The Morgan fingerprint density at radius 2 is 2.00 bits per heavy atom. The van der Waals surface area contributed by atoms with Gasteiger partial charge in [-0.3, -0.25) is 4.31 Å². The molecule has 0 saturated heterocycles. The molecule has 0 radical (unpaired) electrons. The van der Waals surface area contributed by atoms with E-state index in [9.17, 15) is 4.21 Å². The number of nitrogens with zero attached hydrogens (tertiary/aromatic N) is 3. The van der Waals surface area contributed by atoms with Crippen molar-refractivity contribution in [2.45, 2.75) is 18.2 Å². The molecule has 1 aromatic carbocycles. The number of allylic oxidation sites excluding steroid dienone is 3. The van der Waals surface area contributed by atoms with Crippen molar-refractivity contribution in [1.82, 2.24) is 13.7 Å². The molecule has 0 spiro atoms. The fourth-order valence-corrected chi connectivity index (χ4v) is 3.65. The molecule has 110 valence electrons. The van der Waals surface area contributed by atoms with E-state index in [1.165, 1.54) is 11.5 Å². The van der Waals surface area contributed by atoms with Crippen molar-refractivity contribution < 1.29 is 4.21 Å². The summed E-state index contributed by atoms with van der Waals surface area (Å²) in [5.74, 6) is 0.616. The van der Waals surface area contributed by atoms with Crippen molar-refractivity contribution in [2.75, 3.05) is 7.05 Å². The van der Waals surface area contributed by atoms with Crippen LogP contribution in [0.3, 0.4) is 0 Å². The summed E-state index contributed by atoms with van der Waals surface area (Å²) in [4.78, 5) is 4.39. The number of likely N-dealkylation sites (N-methyl/N-ethyl adjacent to an activating group) is 1. The van der Waals surface area contributed by atoms with Gasteiger partial charge in [0.15, 0.2) is 16.8 Å². The molecule has 0 aliphatic carbocycles. The minimum atomic E-state index is -1.35. The average molecular weight is 319 g/mol. The molecule has 2 aromatic rings. The maximum Gasteiger partial charge on any atom is 0.222 e. The summed E-state index contributed by atoms with van der Waals surface area (Å²) < 4.78 is 19.0. The lowest BCUT2D eigenvalue weighted by Gasteiger charge is -2.16. The van der Waals surface area contributed by atoms with Crippen molar-refractivity contribution in [2.24, 2.45) is 0 Å². The second-order valence-corrected chi connectivity index (χ2v) is 6.65. The summed E-state index contributed by atoms with van der Waals surface area (Å²) in [6.07, 6.45) is 5.74. The van der Waals surface area contributed by atoms with Crippen LogP contribution in [-0.2, 0) is 11.0 Å². The first kappa shape index (κ1) is 15.6. The van der Waals surface area contributed by atoms with E-state index in [1.54, 1.807) is 11.4 Å². The molecule has 0 bridgehead atoms. The molecule has 0 fully saturated rings. The summed E-state index contributed by atoms with van der Waals surface area (Å²) in [7, 11) is 0.433. The Morgan fingerprint density at radius 3 is 2.62 bits per heavy atom. The van der Waals surface area contributed by atoms with Crippen LogP contribution in [0.1, 0.15) is 13.8 Å². The Morgan fingerprint density at radius 1 is 1.29 bits per heavy atom. The van der Waals surface area contributed by atoms with E-state index in [0.29, 0.717) is 10.2 Å². The van der Waals surface area contributed by atoms with Crippen molar-refractivity contribution >= 4 is 22.5 Å². The van der Waals surface area contributed by atoms with E-state index in [4.69, 9.17) is 0 Å². The van der Waals surface area contributed by atoms with Gasteiger partial charge in [-0.25, -0.2) is 9.19 Å². The lowest BCUT2D eigenvalue weighted by Crippen LogP contribution is -2.19. The van der Waals surface area contributed by atoms with Gasteiger partial charge in [0, 0.05) is 18.3 Å². The topological polar surface area (TPSA) is 46.1 Å². The zero-order chi connectivity index (χ0) is 15.2. The SMILES string of the molecule is C/C=C\C(=C/C)N(C)S(=O)c1nc(-c2ccccc2)ns1. The van der Waals surface area contributed by atoms with Crippen molar-refractivity contribution in [3.8, 4) is 11.4 Å². The minimum absolute atomic E-state index is 0.500. The minimum Gasteiger partial charge on any atom is -0.289 e. The molecule has 2 rings (SSSR count). The lowest BCUT2D eigenvalue weighted by molar-refractivity contribution is 0.613. The fourth-order valence-electron chi connectivity index (χ4n) is 1.75. The number of aromatic nitrogens is 2. The molecule has 6 heteroatoms. The number of hydrogen-bond donors (Lipinski definition) is 0. The van der Waals surface area contributed by atoms with Crippen molar-refractivity contribution in [1.29, 1.82) is 0 Å². The summed E-state index contributed by atoms with van der Waals surface area (Å²) in [6, 6.07) is 9.69. The smallest absolute Gasteiger partial charge is 0.222 e. The Hall–Kier alpha value is -1.79. The highest BCUT2D eigenvalue weighted by Crippen LogP contribution is 2.22. The van der Waals surface area contributed by atoms with E-state index in [1.807, 2.05) is 62.4 Å². The second kappa shape index (κ2) is 7.28. The third-order valence-electron chi connectivity index (χ3n) is 2.83. The van der Waals surface area contributed by atoms with E-state index in [-0.39, 0.29) is 0 Å². The van der Waals surface area contributed by atoms with Gasteiger partial charge in [0.05, 0.1) is 0 Å². The molecule has 1 heterocycles. The van der Waals surface area contributed by atoms with Gasteiger partial charge in [0.25, 0.3) is 0 Å². The summed E-state index contributed by atoms with van der Waals surface area (Å²) in [5, 5.41) is 0. The zero-order valence-electron chi connectivity index (χ0n) is 12.2. The quantitative estimate of drug-likeness (QED) is 0.790. The van der Waals surface area contributed by atoms with Crippen LogP contribution in [0.25, 0.3) is 11.4 Å². The maximum atomic E-state index is 12.5. The summed E-state index contributed by atoms with van der Waals surface area (Å²) in [6.45, 7) is 3.84. The third-order valence-corrected chi connectivity index (χ3v) is 5.10. The first-order valence-corrected chi connectivity index (χ1v) is 8.39. The molecule has 4 nitrogen and oxygen atoms in total. The van der Waals surface area contributed by atoms with Crippen molar-refractivity contribution in [3.05, 3.63) is 54.3 Å². The van der Waals surface area contributed by atoms with E-state index in [2.05, 4.69) is 9.36 Å². The van der Waals surface area contributed by atoms with E-state index in [0.717, 1.165) is 11.3 Å². The Bertz CT molecular complexity index is 677. The Labute approximate surface area is 131 Å². The normalized spacial score (nSPS) is 13.6. The average Bonchev–Trinajstić information content (AvgIpc) is 3.02. The Balaban J connectivity index is 2.23. The first-order chi connectivity index (χ1) is 10.2. The summed E-state index contributed by atoms with van der Waals surface area (Å²) >= 11 is 1.17. The number of rotatable bonds is 5. The molecule has 1 atom stereocenters. The van der Waals surface area contributed by atoms with Gasteiger partial charge in [-0.15, -0.1) is 0 Å². The monoisotopic (exact) mass is 319 g/mol. The third kappa shape index (κ3) is 3.65. The van der Waals surface area contributed by atoms with Gasteiger partial charge in [-0.05, 0) is 31.5 Å². The molecular formula is C15H17N3OS2. The molecule has 0 N–H and O–H groups in total. The van der Waals surface area contributed by atoms with Crippen LogP contribution in [0.2, 0.25) is 0 Å². The maximum absolute atomic E-state index is 12.5. The zero-order valence-corrected chi connectivity index (χ0v) is 13.8. The molecule has 0 amide bonds. The van der Waals surface area contributed by atoms with Crippen LogP contribution in [0.4, 0.5) is 0 Å². The molecular weight excluding hydrogens is 302 g/mol. The molecule has 0 aliphatic rings. The second-order valence-electron chi connectivity index (χ2n) is 4.21. The van der Waals surface area contributed by atoms with Crippen LogP contribution in [-0.4, -0.2) is 24.9 Å². The highest BCUT2D eigenvalue weighted by molar-refractivity contribution is 7.84. The van der Waals surface area contributed by atoms with Gasteiger partial charge >= 0.3 is 0 Å². The largest absolute Gasteiger partial charge is 0.289 e. The van der Waals surface area contributed by atoms with Crippen molar-refractivity contribution in [3.63, 3.8) is 0 Å². The standard InChI is InChI=1S/C15H17N3OS2/c1-4-9-13(5-2)18(3)21(19)15-16-14(17-20-15)12-10-7-6-8-11-12/h4-11H,1-3H3/b9-4-,13-5+. The van der Waals surface area contributed by atoms with Gasteiger partial charge < -0.3 is 0 Å². The van der Waals surface area contributed by atoms with E-state index < -0.39 is 11.0 Å². The molecule has 0 aliphatic heterocycles. The molecule has 0 saturated carbocycles. The van der Waals surface area contributed by atoms with Gasteiger partial charge in [-0.2, -0.15) is 4.37 Å². The van der Waals surface area contributed by atoms with Gasteiger partial charge in [0.2, 0.25) is 4.34 Å². The molecule has 1 unspecified atom stereocenters.